The van der Waals surface area contributed by atoms with E-state index in [0.717, 1.165) is 18.1 Å². The predicted octanol–water partition coefficient (Wildman–Crippen LogP) is 4.73. The van der Waals surface area contributed by atoms with E-state index in [4.69, 9.17) is 11.6 Å². The minimum atomic E-state index is 0.867. The zero-order valence-corrected chi connectivity index (χ0v) is 12.3. The number of thioether (sulfide) groups is 1. The van der Waals surface area contributed by atoms with Crippen LogP contribution in [0, 0.1) is 0 Å². The molecule has 3 heteroatoms. The molecule has 1 nitrogen and oxygen atoms in total. The summed E-state index contributed by atoms with van der Waals surface area (Å²) in [5.74, 6) is 1.19. The van der Waals surface area contributed by atoms with Gasteiger partial charge in [-0.25, -0.2) is 0 Å². The molecule has 17 heavy (non-hydrogen) atoms. The van der Waals surface area contributed by atoms with Gasteiger partial charge in [0.05, 0.1) is 0 Å². The van der Waals surface area contributed by atoms with Crippen molar-refractivity contribution in [3.05, 3.63) is 28.8 Å². The van der Waals surface area contributed by atoms with Gasteiger partial charge in [0.1, 0.15) is 0 Å². The van der Waals surface area contributed by atoms with Gasteiger partial charge in [-0.1, -0.05) is 44.4 Å². The van der Waals surface area contributed by atoms with Gasteiger partial charge in [-0.3, -0.25) is 0 Å². The van der Waals surface area contributed by atoms with Crippen molar-refractivity contribution in [1.29, 1.82) is 0 Å². The highest BCUT2D eigenvalue weighted by molar-refractivity contribution is 7.99. The first kappa shape index (κ1) is 14.9. The van der Waals surface area contributed by atoms with Crippen LogP contribution in [0.3, 0.4) is 0 Å². The number of hydrogen-bond donors (Lipinski definition) is 1. The molecule has 1 rings (SSSR count). The zero-order chi connectivity index (χ0) is 12.5. The van der Waals surface area contributed by atoms with Crippen LogP contribution in [-0.4, -0.2) is 12.3 Å². The molecule has 0 saturated heterocycles. The number of nitrogens with one attached hydrogen (secondary N) is 1. The summed E-state index contributed by atoms with van der Waals surface area (Å²) in [4.78, 5) is 1.33. The van der Waals surface area contributed by atoms with E-state index in [0.29, 0.717) is 0 Å². The second-order valence-corrected chi connectivity index (χ2v) is 5.60. The molecule has 0 radical (unpaired) electrons. The maximum atomic E-state index is 6.25. The fraction of sp³-hybridized carbons (Fsp3) is 0.571. The third-order valence-electron chi connectivity index (χ3n) is 2.63. The van der Waals surface area contributed by atoms with Gasteiger partial charge in [-0.2, -0.15) is 0 Å². The van der Waals surface area contributed by atoms with E-state index < -0.39 is 0 Å². The molecular weight excluding hydrogens is 250 g/mol. The number of hydrogen-bond acceptors (Lipinski definition) is 2. The highest BCUT2D eigenvalue weighted by atomic mass is 35.5. The van der Waals surface area contributed by atoms with Gasteiger partial charge in [0, 0.05) is 16.5 Å². The number of benzene rings is 1. The van der Waals surface area contributed by atoms with Gasteiger partial charge in [-0.15, -0.1) is 11.8 Å². The smallest absolute Gasteiger partial charge is 0.0462 e. The van der Waals surface area contributed by atoms with E-state index in [1.165, 1.54) is 35.5 Å². The topological polar surface area (TPSA) is 12.0 Å². The third kappa shape index (κ3) is 5.33. The van der Waals surface area contributed by atoms with Crippen molar-refractivity contribution in [2.75, 3.05) is 12.3 Å². The average Bonchev–Trinajstić information content (AvgIpc) is 2.34. The predicted molar refractivity (Wildman–Crippen MR) is 79.1 cm³/mol. The normalized spacial score (nSPS) is 10.8. The molecule has 0 aliphatic carbocycles. The summed E-state index contributed by atoms with van der Waals surface area (Å²) in [6, 6.07) is 6.19. The summed E-state index contributed by atoms with van der Waals surface area (Å²) >= 11 is 8.18. The van der Waals surface area contributed by atoms with Crippen molar-refractivity contribution in [2.24, 2.45) is 0 Å². The summed E-state index contributed by atoms with van der Waals surface area (Å²) in [6.45, 7) is 6.20. The Bertz CT molecular complexity index is 328. The van der Waals surface area contributed by atoms with Gasteiger partial charge in [0.15, 0.2) is 0 Å². The highest BCUT2D eigenvalue weighted by Gasteiger charge is 2.06. The fourth-order valence-corrected chi connectivity index (χ4v) is 3.03. The minimum Gasteiger partial charge on any atom is -0.313 e. The standard InChI is InChI=1S/C14H22ClNS/c1-3-5-6-10-17-14-9-7-8-13(15)12(14)11-16-4-2/h7-9,16H,3-6,10-11H2,1-2H3. The molecule has 0 unspecified atom stereocenters. The Morgan fingerprint density at radius 1 is 1.24 bits per heavy atom. The Morgan fingerprint density at radius 3 is 2.76 bits per heavy atom. The van der Waals surface area contributed by atoms with Crippen LogP contribution in [0.25, 0.3) is 0 Å². The van der Waals surface area contributed by atoms with Crippen LogP contribution in [0.5, 0.6) is 0 Å². The molecule has 0 atom stereocenters. The van der Waals surface area contributed by atoms with Gasteiger partial charge >= 0.3 is 0 Å². The molecule has 0 saturated carbocycles. The second kappa shape index (κ2) is 8.84. The van der Waals surface area contributed by atoms with E-state index in [9.17, 15) is 0 Å². The average molecular weight is 272 g/mol. The zero-order valence-electron chi connectivity index (χ0n) is 10.8. The Labute approximate surface area is 114 Å². The van der Waals surface area contributed by atoms with Gasteiger partial charge in [0.25, 0.3) is 0 Å². The van der Waals surface area contributed by atoms with Crippen molar-refractivity contribution in [1.82, 2.24) is 5.32 Å². The van der Waals surface area contributed by atoms with Crippen molar-refractivity contribution in [3.63, 3.8) is 0 Å². The third-order valence-corrected chi connectivity index (χ3v) is 4.17. The highest BCUT2D eigenvalue weighted by Crippen LogP contribution is 2.29. The molecule has 1 aromatic carbocycles. The molecule has 0 aromatic heterocycles. The van der Waals surface area contributed by atoms with Crippen molar-refractivity contribution < 1.29 is 0 Å². The summed E-state index contributed by atoms with van der Waals surface area (Å²) in [7, 11) is 0. The van der Waals surface area contributed by atoms with E-state index in [1.807, 2.05) is 23.9 Å². The lowest BCUT2D eigenvalue weighted by Gasteiger charge is -2.11. The molecule has 0 aliphatic rings. The Hall–Kier alpha value is -0.180. The van der Waals surface area contributed by atoms with E-state index in [2.05, 4.69) is 25.2 Å². The van der Waals surface area contributed by atoms with Crippen LogP contribution < -0.4 is 5.32 Å². The molecule has 0 amide bonds. The van der Waals surface area contributed by atoms with Crippen molar-refractivity contribution >= 4 is 23.4 Å². The minimum absolute atomic E-state index is 0.867. The van der Waals surface area contributed by atoms with Crippen LogP contribution in [0.15, 0.2) is 23.1 Å². The van der Waals surface area contributed by atoms with Crippen molar-refractivity contribution in [2.45, 2.75) is 44.6 Å². The van der Waals surface area contributed by atoms with E-state index in [1.54, 1.807) is 0 Å². The molecular formula is C14H22ClNS. The lowest BCUT2D eigenvalue weighted by atomic mass is 10.2. The first-order valence-electron chi connectivity index (χ1n) is 6.40. The Kier molecular flexibility index (Phi) is 7.74. The number of halogens is 1. The fourth-order valence-electron chi connectivity index (χ4n) is 1.63. The molecule has 0 fully saturated rings. The van der Waals surface area contributed by atoms with Gasteiger partial charge in [-0.05, 0) is 36.4 Å². The van der Waals surface area contributed by atoms with Crippen molar-refractivity contribution in [3.8, 4) is 0 Å². The van der Waals surface area contributed by atoms with Crippen LogP contribution in [0.1, 0.15) is 38.7 Å². The first-order chi connectivity index (χ1) is 8.29. The molecule has 1 aromatic rings. The van der Waals surface area contributed by atoms with Gasteiger partial charge in [0.2, 0.25) is 0 Å². The maximum Gasteiger partial charge on any atom is 0.0462 e. The number of unbranched alkanes of at least 4 members (excludes halogenated alkanes) is 2. The van der Waals surface area contributed by atoms with Gasteiger partial charge < -0.3 is 5.32 Å². The SMILES string of the molecule is CCCCCSc1cccc(Cl)c1CNCC. The van der Waals surface area contributed by atoms with Crippen LogP contribution in [0.4, 0.5) is 0 Å². The van der Waals surface area contributed by atoms with E-state index in [-0.39, 0.29) is 0 Å². The molecule has 0 bridgehead atoms. The molecule has 1 N–H and O–H groups in total. The molecule has 0 heterocycles. The maximum absolute atomic E-state index is 6.25. The van der Waals surface area contributed by atoms with E-state index >= 15 is 0 Å². The van der Waals surface area contributed by atoms with Crippen LogP contribution in [-0.2, 0) is 6.54 Å². The van der Waals surface area contributed by atoms with Crippen LogP contribution in [0.2, 0.25) is 5.02 Å². The second-order valence-electron chi connectivity index (χ2n) is 4.05. The first-order valence-corrected chi connectivity index (χ1v) is 7.76. The van der Waals surface area contributed by atoms with Crippen LogP contribution >= 0.6 is 23.4 Å². The quantitative estimate of drug-likeness (QED) is 0.542. The Morgan fingerprint density at radius 2 is 2.06 bits per heavy atom. The molecule has 0 spiro atoms. The molecule has 96 valence electrons. The number of rotatable bonds is 8. The lowest BCUT2D eigenvalue weighted by molar-refractivity contribution is 0.718. The summed E-state index contributed by atoms with van der Waals surface area (Å²) < 4.78 is 0. The molecule has 0 aliphatic heterocycles. The summed E-state index contributed by atoms with van der Waals surface area (Å²) in [6.07, 6.45) is 3.88. The summed E-state index contributed by atoms with van der Waals surface area (Å²) in [5.41, 5.74) is 1.25. The largest absolute Gasteiger partial charge is 0.313 e. The lowest BCUT2D eigenvalue weighted by Crippen LogP contribution is -2.12. The summed E-state index contributed by atoms with van der Waals surface area (Å²) in [5, 5.41) is 4.23. The monoisotopic (exact) mass is 271 g/mol. The Balaban J connectivity index is 2.59.